The van der Waals surface area contributed by atoms with Crippen LogP contribution in [0.2, 0.25) is 0 Å². The van der Waals surface area contributed by atoms with Crippen LogP contribution in [0.3, 0.4) is 0 Å². The normalized spacial score (nSPS) is 14.2. The number of hydrogen-bond donors (Lipinski definition) is 2. The lowest BCUT2D eigenvalue weighted by molar-refractivity contribution is -0.148. The molecule has 0 fully saturated rings. The fourth-order valence-corrected chi connectivity index (χ4v) is 3.67. The third kappa shape index (κ3) is 4.75. The molecule has 0 aliphatic rings. The molecule has 0 heterocycles. The van der Waals surface area contributed by atoms with E-state index in [-0.39, 0.29) is 23.0 Å². The number of benzene rings is 2. The molecule has 1 atom stereocenters. The number of rotatable bonds is 6. The molecule has 0 amide bonds. The average Bonchev–Trinajstić information content (AvgIpc) is 2.64. The number of Topliss-reactive ketones (excluding diaryl/α,β-unsaturated/α-hetero) is 1. The van der Waals surface area contributed by atoms with Crippen molar-refractivity contribution in [3.8, 4) is 5.75 Å². The predicted octanol–water partition coefficient (Wildman–Crippen LogP) is 5.53. The molecule has 2 aromatic carbocycles. The number of ketones is 1. The molecular weight excluding hydrogens is 376 g/mol. The predicted molar refractivity (Wildman–Crippen MR) is 120 cm³/mol. The minimum atomic E-state index is -1.59. The van der Waals surface area contributed by atoms with Gasteiger partial charge in [-0.3, -0.25) is 9.59 Å². The molecule has 2 N–H and O–H groups in total. The van der Waals surface area contributed by atoms with Gasteiger partial charge in [0.2, 0.25) is 0 Å². The van der Waals surface area contributed by atoms with E-state index in [2.05, 4.69) is 0 Å². The number of carboxylic acids is 1. The first kappa shape index (κ1) is 23.7. The van der Waals surface area contributed by atoms with Crippen LogP contribution in [0.4, 0.5) is 0 Å². The van der Waals surface area contributed by atoms with Gasteiger partial charge in [-0.1, -0.05) is 84.0 Å². The van der Waals surface area contributed by atoms with E-state index in [1.165, 1.54) is 6.92 Å². The van der Waals surface area contributed by atoms with Crippen molar-refractivity contribution in [3.05, 3.63) is 64.7 Å². The summed E-state index contributed by atoms with van der Waals surface area (Å²) >= 11 is 0. The molecule has 162 valence electrons. The van der Waals surface area contributed by atoms with Crippen LogP contribution >= 0.6 is 0 Å². The SMILES string of the molecule is CC(C)(C)c1cc(CCC(=O)C(C)(C(=O)O)c2ccccc2)cc(C(C)(C)C)c1O. The summed E-state index contributed by atoms with van der Waals surface area (Å²) in [5.74, 6) is -1.18. The van der Waals surface area contributed by atoms with E-state index < -0.39 is 11.4 Å². The highest BCUT2D eigenvalue weighted by Gasteiger charge is 2.42. The lowest BCUT2D eigenvalue weighted by Crippen LogP contribution is -2.41. The number of aromatic hydroxyl groups is 1. The topological polar surface area (TPSA) is 74.6 Å². The van der Waals surface area contributed by atoms with E-state index in [1.54, 1.807) is 30.3 Å². The summed E-state index contributed by atoms with van der Waals surface area (Å²) in [5, 5.41) is 20.7. The maximum absolute atomic E-state index is 13.1. The van der Waals surface area contributed by atoms with Gasteiger partial charge in [0, 0.05) is 6.42 Å². The Bertz CT molecular complexity index is 895. The number of carbonyl (C=O) groups is 2. The minimum Gasteiger partial charge on any atom is -0.507 e. The Morgan fingerprint density at radius 2 is 1.30 bits per heavy atom. The Morgan fingerprint density at radius 1 is 0.833 bits per heavy atom. The zero-order chi connectivity index (χ0) is 22.9. The molecule has 0 bridgehead atoms. The standard InChI is InChI=1S/C26H34O4/c1-24(2,3)19-15-17(16-20(22(19)28)25(4,5)6)13-14-21(27)26(7,23(29)30)18-11-9-8-10-12-18/h8-12,15-16,28H,13-14H2,1-7H3,(H,29,30). The van der Waals surface area contributed by atoms with Crippen molar-refractivity contribution in [2.75, 3.05) is 0 Å². The molecule has 4 nitrogen and oxygen atoms in total. The quantitative estimate of drug-likeness (QED) is 0.614. The second-order valence-corrected chi connectivity index (χ2v) is 10.3. The van der Waals surface area contributed by atoms with Gasteiger partial charge in [0.25, 0.3) is 0 Å². The van der Waals surface area contributed by atoms with Crippen molar-refractivity contribution in [2.24, 2.45) is 0 Å². The Kier molecular flexibility index (Phi) is 6.51. The smallest absolute Gasteiger partial charge is 0.321 e. The Hall–Kier alpha value is -2.62. The molecule has 0 aliphatic heterocycles. The molecule has 0 saturated carbocycles. The van der Waals surface area contributed by atoms with Crippen LogP contribution in [0.25, 0.3) is 0 Å². The van der Waals surface area contributed by atoms with Crippen LogP contribution in [0.15, 0.2) is 42.5 Å². The van der Waals surface area contributed by atoms with Crippen molar-refractivity contribution >= 4 is 11.8 Å². The van der Waals surface area contributed by atoms with Crippen LogP contribution < -0.4 is 0 Å². The van der Waals surface area contributed by atoms with Gasteiger partial charge in [-0.05, 0) is 46.4 Å². The molecule has 30 heavy (non-hydrogen) atoms. The number of aliphatic carboxylic acids is 1. The first-order valence-corrected chi connectivity index (χ1v) is 10.4. The molecule has 0 aromatic heterocycles. The first-order chi connectivity index (χ1) is 13.7. The molecule has 0 spiro atoms. The van der Waals surface area contributed by atoms with Crippen LogP contribution in [0.5, 0.6) is 5.75 Å². The minimum absolute atomic E-state index is 0.107. The number of hydrogen-bond acceptors (Lipinski definition) is 3. The van der Waals surface area contributed by atoms with Gasteiger partial charge in [-0.15, -0.1) is 0 Å². The average molecular weight is 411 g/mol. The maximum Gasteiger partial charge on any atom is 0.321 e. The van der Waals surface area contributed by atoms with Crippen LogP contribution in [-0.4, -0.2) is 22.0 Å². The number of phenols is 1. The van der Waals surface area contributed by atoms with E-state index in [9.17, 15) is 19.8 Å². The number of carboxylic acid groups (broad SMARTS) is 1. The summed E-state index contributed by atoms with van der Waals surface area (Å²) < 4.78 is 0. The fraction of sp³-hybridized carbons (Fsp3) is 0.462. The van der Waals surface area contributed by atoms with Crippen LogP contribution in [0, 0.1) is 0 Å². The van der Waals surface area contributed by atoms with E-state index in [0.717, 1.165) is 16.7 Å². The second kappa shape index (κ2) is 8.25. The van der Waals surface area contributed by atoms with E-state index >= 15 is 0 Å². The molecule has 0 saturated heterocycles. The molecule has 0 aliphatic carbocycles. The molecule has 0 radical (unpaired) electrons. The van der Waals surface area contributed by atoms with Crippen LogP contribution in [0.1, 0.15) is 77.1 Å². The summed E-state index contributed by atoms with van der Waals surface area (Å²) in [7, 11) is 0. The number of phenolic OH excluding ortho intramolecular Hbond substituents is 1. The summed E-state index contributed by atoms with van der Waals surface area (Å²) in [5.41, 5.74) is 0.976. The summed E-state index contributed by atoms with van der Waals surface area (Å²) in [6.07, 6.45) is 0.524. The van der Waals surface area contributed by atoms with Crippen molar-refractivity contribution in [3.63, 3.8) is 0 Å². The molecular formula is C26H34O4. The highest BCUT2D eigenvalue weighted by Crippen LogP contribution is 2.40. The molecule has 2 aromatic rings. The summed E-state index contributed by atoms with van der Waals surface area (Å²) in [4.78, 5) is 25.1. The van der Waals surface area contributed by atoms with Crippen molar-refractivity contribution in [1.29, 1.82) is 0 Å². The van der Waals surface area contributed by atoms with Gasteiger partial charge in [-0.2, -0.15) is 0 Å². The molecule has 1 unspecified atom stereocenters. The van der Waals surface area contributed by atoms with E-state index in [1.807, 2.05) is 53.7 Å². The van der Waals surface area contributed by atoms with E-state index in [0.29, 0.717) is 17.7 Å². The number of carbonyl (C=O) groups excluding carboxylic acids is 1. The molecule has 4 heteroatoms. The number of aryl methyl sites for hydroxylation is 1. The van der Waals surface area contributed by atoms with Crippen molar-refractivity contribution in [2.45, 2.75) is 77.6 Å². The third-order valence-electron chi connectivity index (χ3n) is 5.76. The lowest BCUT2D eigenvalue weighted by atomic mass is 9.75. The highest BCUT2D eigenvalue weighted by molar-refractivity contribution is 6.08. The fourth-order valence-electron chi connectivity index (χ4n) is 3.67. The maximum atomic E-state index is 13.1. The third-order valence-corrected chi connectivity index (χ3v) is 5.76. The van der Waals surface area contributed by atoms with Crippen LogP contribution in [-0.2, 0) is 32.3 Å². The van der Waals surface area contributed by atoms with Crippen molar-refractivity contribution < 1.29 is 19.8 Å². The Balaban J connectivity index is 2.41. The molecule has 2 rings (SSSR count). The van der Waals surface area contributed by atoms with Gasteiger partial charge in [0.1, 0.15) is 11.2 Å². The van der Waals surface area contributed by atoms with Gasteiger partial charge in [-0.25, -0.2) is 0 Å². The lowest BCUT2D eigenvalue weighted by Gasteiger charge is -2.28. The van der Waals surface area contributed by atoms with Gasteiger partial charge in [0.05, 0.1) is 0 Å². The zero-order valence-corrected chi connectivity index (χ0v) is 19.2. The largest absolute Gasteiger partial charge is 0.507 e. The Labute approximate surface area is 180 Å². The van der Waals surface area contributed by atoms with Gasteiger partial charge >= 0.3 is 5.97 Å². The van der Waals surface area contributed by atoms with Gasteiger partial charge in [0.15, 0.2) is 5.78 Å². The summed E-state index contributed by atoms with van der Waals surface area (Å²) in [6.45, 7) is 13.7. The monoisotopic (exact) mass is 410 g/mol. The first-order valence-electron chi connectivity index (χ1n) is 10.4. The van der Waals surface area contributed by atoms with E-state index in [4.69, 9.17) is 0 Å². The summed E-state index contributed by atoms with van der Waals surface area (Å²) in [6, 6.07) is 12.5. The second-order valence-electron chi connectivity index (χ2n) is 10.3. The zero-order valence-electron chi connectivity index (χ0n) is 19.2. The van der Waals surface area contributed by atoms with Gasteiger partial charge < -0.3 is 10.2 Å². The van der Waals surface area contributed by atoms with Crippen molar-refractivity contribution in [1.82, 2.24) is 0 Å². The highest BCUT2D eigenvalue weighted by atomic mass is 16.4. The Morgan fingerprint density at radius 3 is 1.70 bits per heavy atom.